The molecule has 4 rings (SSSR count). The zero-order valence-electron chi connectivity index (χ0n) is 17.1. The Balaban J connectivity index is 1.35. The summed E-state index contributed by atoms with van der Waals surface area (Å²) < 4.78 is 5.77. The molecule has 5 nitrogen and oxygen atoms in total. The summed E-state index contributed by atoms with van der Waals surface area (Å²) in [5.41, 5.74) is 1.73. The van der Waals surface area contributed by atoms with Gasteiger partial charge in [0.15, 0.2) is 0 Å². The van der Waals surface area contributed by atoms with Gasteiger partial charge < -0.3 is 15.0 Å². The Morgan fingerprint density at radius 1 is 1.00 bits per heavy atom. The number of amides is 2. The number of ether oxygens (including phenoxy) is 1. The summed E-state index contributed by atoms with van der Waals surface area (Å²) in [5, 5.41) is 3.56. The molecule has 1 aliphatic rings. The van der Waals surface area contributed by atoms with Gasteiger partial charge in [-0.15, -0.1) is 0 Å². The van der Waals surface area contributed by atoms with Gasteiger partial charge in [0.25, 0.3) is 0 Å². The first-order valence-corrected chi connectivity index (χ1v) is 10.6. The fourth-order valence-electron chi connectivity index (χ4n) is 3.68. The van der Waals surface area contributed by atoms with Gasteiger partial charge in [-0.3, -0.25) is 9.59 Å². The van der Waals surface area contributed by atoms with Crippen molar-refractivity contribution in [1.82, 2.24) is 4.90 Å². The molecule has 0 radical (unpaired) electrons. The minimum atomic E-state index is -0.372. The Hall–Kier alpha value is -3.31. The third kappa shape index (κ3) is 5.06. The second-order valence-electron chi connectivity index (χ2n) is 7.60. The summed E-state index contributed by atoms with van der Waals surface area (Å²) in [4.78, 5) is 27.0. The lowest BCUT2D eigenvalue weighted by atomic mass is 10.1. The fourth-order valence-corrected chi connectivity index (χ4v) is 3.81. The number of hydrogen-bond donors (Lipinski definition) is 1. The Kier molecular flexibility index (Phi) is 6.23. The quantitative estimate of drug-likeness (QED) is 0.543. The van der Waals surface area contributed by atoms with E-state index in [2.05, 4.69) is 5.32 Å². The number of anilines is 1. The van der Waals surface area contributed by atoms with Gasteiger partial charge in [0.05, 0.1) is 12.0 Å². The molecule has 1 N–H and O–H groups in total. The number of hydrogen-bond acceptors (Lipinski definition) is 3. The smallest absolute Gasteiger partial charge is 0.229 e. The summed E-state index contributed by atoms with van der Waals surface area (Å²) in [7, 11) is 0. The predicted molar refractivity (Wildman–Crippen MR) is 121 cm³/mol. The molecule has 3 aromatic rings. The maximum atomic E-state index is 12.7. The molecule has 2 amide bonds. The predicted octanol–water partition coefficient (Wildman–Crippen LogP) is 5.68. The second-order valence-corrected chi connectivity index (χ2v) is 8.04. The molecule has 0 bridgehead atoms. The summed E-state index contributed by atoms with van der Waals surface area (Å²) in [6.45, 7) is 2.41. The van der Waals surface area contributed by atoms with Crippen molar-refractivity contribution < 1.29 is 14.3 Å². The van der Waals surface area contributed by atoms with E-state index in [4.69, 9.17) is 16.3 Å². The van der Waals surface area contributed by atoms with E-state index in [1.54, 1.807) is 53.4 Å². The van der Waals surface area contributed by atoms with Gasteiger partial charge in [-0.25, -0.2) is 0 Å². The highest BCUT2D eigenvalue weighted by molar-refractivity contribution is 6.30. The Bertz CT molecular complexity index is 1050. The highest BCUT2D eigenvalue weighted by Crippen LogP contribution is 2.29. The number of rotatable bonds is 6. The number of benzene rings is 3. The van der Waals surface area contributed by atoms with Crippen molar-refractivity contribution in [2.75, 3.05) is 11.9 Å². The molecular weight excluding hydrogens is 412 g/mol. The highest BCUT2D eigenvalue weighted by Gasteiger charge is 2.37. The second kappa shape index (κ2) is 9.23. The molecular formula is C25H23ClN2O3. The number of carbonyl (C=O) groups is 2. The summed E-state index contributed by atoms with van der Waals surface area (Å²) in [5.74, 6) is 0.812. The lowest BCUT2D eigenvalue weighted by molar-refractivity contribution is -0.129. The van der Waals surface area contributed by atoms with Gasteiger partial charge in [0.1, 0.15) is 11.5 Å². The van der Waals surface area contributed by atoms with E-state index in [9.17, 15) is 9.59 Å². The first kappa shape index (κ1) is 20.9. The normalized spacial score (nSPS) is 16.8. The van der Waals surface area contributed by atoms with Gasteiger partial charge in [-0.05, 0) is 61.0 Å². The van der Waals surface area contributed by atoms with E-state index in [1.165, 1.54) is 0 Å². The molecule has 1 heterocycles. The van der Waals surface area contributed by atoms with E-state index in [0.29, 0.717) is 28.8 Å². The lowest BCUT2D eigenvalue weighted by Crippen LogP contribution is -2.30. The van der Waals surface area contributed by atoms with Crippen LogP contribution in [-0.4, -0.2) is 23.3 Å². The molecule has 1 saturated heterocycles. The molecule has 6 heteroatoms. The Morgan fingerprint density at radius 3 is 2.26 bits per heavy atom. The van der Waals surface area contributed by atoms with Gasteiger partial charge in [-0.2, -0.15) is 0 Å². The number of carbonyl (C=O) groups excluding carboxylic acids is 2. The standard InChI is InChI=1S/C25H23ClN2O3/c1-17(18-5-3-2-4-6-18)28-16-19(15-24(28)29)25(30)27-21-9-13-23(14-10-21)31-22-11-7-20(26)8-12-22/h2-14,17,19H,15-16H2,1H3,(H,27,30)/t17-,19-/m0/s1. The first-order chi connectivity index (χ1) is 15.0. The molecule has 158 valence electrons. The van der Waals surface area contributed by atoms with E-state index in [0.717, 1.165) is 5.56 Å². The molecule has 0 spiro atoms. The average molecular weight is 435 g/mol. The van der Waals surface area contributed by atoms with Crippen molar-refractivity contribution in [2.24, 2.45) is 5.92 Å². The molecule has 1 aliphatic heterocycles. The van der Waals surface area contributed by atoms with Gasteiger partial charge >= 0.3 is 0 Å². The third-order valence-electron chi connectivity index (χ3n) is 5.45. The van der Waals surface area contributed by atoms with Crippen molar-refractivity contribution in [1.29, 1.82) is 0 Å². The molecule has 0 aliphatic carbocycles. The van der Waals surface area contributed by atoms with Crippen LogP contribution in [0.1, 0.15) is 24.9 Å². The summed E-state index contributed by atoms with van der Waals surface area (Å²) in [6.07, 6.45) is 0.223. The fraction of sp³-hybridized carbons (Fsp3) is 0.200. The molecule has 0 unspecified atom stereocenters. The van der Waals surface area contributed by atoms with Crippen molar-refractivity contribution in [2.45, 2.75) is 19.4 Å². The van der Waals surface area contributed by atoms with E-state index in [1.807, 2.05) is 37.3 Å². The van der Waals surface area contributed by atoms with E-state index < -0.39 is 0 Å². The van der Waals surface area contributed by atoms with Crippen molar-refractivity contribution in [3.05, 3.63) is 89.4 Å². The number of nitrogens with one attached hydrogen (secondary N) is 1. The minimum absolute atomic E-state index is 0.00298. The topological polar surface area (TPSA) is 58.6 Å². The highest BCUT2D eigenvalue weighted by atomic mass is 35.5. The van der Waals surface area contributed by atoms with Crippen molar-refractivity contribution in [3.8, 4) is 11.5 Å². The minimum Gasteiger partial charge on any atom is -0.457 e. The zero-order valence-corrected chi connectivity index (χ0v) is 17.9. The molecule has 31 heavy (non-hydrogen) atoms. The number of likely N-dealkylation sites (tertiary alicyclic amines) is 1. The van der Waals surface area contributed by atoms with Crippen LogP contribution in [0.15, 0.2) is 78.9 Å². The maximum absolute atomic E-state index is 12.7. The van der Waals surface area contributed by atoms with Crippen LogP contribution in [0.2, 0.25) is 5.02 Å². The molecule has 2 atom stereocenters. The van der Waals surface area contributed by atoms with Gasteiger partial charge in [-0.1, -0.05) is 41.9 Å². The lowest BCUT2D eigenvalue weighted by Gasteiger charge is -2.25. The summed E-state index contributed by atoms with van der Waals surface area (Å²) in [6, 6.07) is 24.0. The van der Waals surface area contributed by atoms with E-state index in [-0.39, 0.29) is 30.2 Å². The number of nitrogens with zero attached hydrogens (tertiary/aromatic N) is 1. The van der Waals surface area contributed by atoms with Crippen LogP contribution in [-0.2, 0) is 9.59 Å². The number of halogens is 1. The summed E-state index contributed by atoms with van der Waals surface area (Å²) >= 11 is 5.88. The van der Waals surface area contributed by atoms with Crippen LogP contribution in [0, 0.1) is 5.92 Å². The zero-order chi connectivity index (χ0) is 21.8. The molecule has 1 fully saturated rings. The third-order valence-corrected chi connectivity index (χ3v) is 5.70. The van der Waals surface area contributed by atoms with Crippen molar-refractivity contribution in [3.63, 3.8) is 0 Å². The van der Waals surface area contributed by atoms with Crippen LogP contribution >= 0.6 is 11.6 Å². The van der Waals surface area contributed by atoms with Crippen LogP contribution < -0.4 is 10.1 Å². The molecule has 3 aromatic carbocycles. The molecule has 0 aromatic heterocycles. The van der Waals surface area contributed by atoms with Gasteiger partial charge in [0.2, 0.25) is 11.8 Å². The maximum Gasteiger partial charge on any atom is 0.229 e. The average Bonchev–Trinajstić information content (AvgIpc) is 3.18. The van der Waals surface area contributed by atoms with Crippen LogP contribution in [0.3, 0.4) is 0 Å². The van der Waals surface area contributed by atoms with Crippen molar-refractivity contribution >= 4 is 29.1 Å². The molecule has 0 saturated carbocycles. The van der Waals surface area contributed by atoms with Crippen LogP contribution in [0.4, 0.5) is 5.69 Å². The Morgan fingerprint density at radius 2 is 1.61 bits per heavy atom. The largest absolute Gasteiger partial charge is 0.457 e. The Labute approximate surface area is 186 Å². The first-order valence-electron chi connectivity index (χ1n) is 10.2. The van der Waals surface area contributed by atoms with E-state index >= 15 is 0 Å². The monoisotopic (exact) mass is 434 g/mol. The van der Waals surface area contributed by atoms with Gasteiger partial charge in [0, 0.05) is 23.7 Å². The SMILES string of the molecule is C[C@@H](c1ccccc1)N1C[C@@H](C(=O)Nc2ccc(Oc3ccc(Cl)cc3)cc2)CC1=O. The van der Waals surface area contributed by atoms with Crippen LogP contribution in [0.5, 0.6) is 11.5 Å². The van der Waals surface area contributed by atoms with Crippen LogP contribution in [0.25, 0.3) is 0 Å².